The monoisotopic (exact) mass is 314 g/mol. The van der Waals surface area contributed by atoms with Gasteiger partial charge in [-0.25, -0.2) is 4.98 Å². The molecular weight excluding hydrogens is 292 g/mol. The van der Waals surface area contributed by atoms with Gasteiger partial charge in [-0.1, -0.05) is 0 Å². The number of pyridine rings is 1. The molecule has 2 aromatic heterocycles. The van der Waals surface area contributed by atoms with Crippen molar-refractivity contribution in [3.63, 3.8) is 0 Å². The van der Waals surface area contributed by atoms with E-state index in [9.17, 15) is 4.79 Å². The Balaban J connectivity index is 1.82. The van der Waals surface area contributed by atoms with Crippen molar-refractivity contribution in [3.8, 4) is 0 Å². The number of carbonyl (C=O) groups excluding carboxylic acids is 1. The van der Waals surface area contributed by atoms with Gasteiger partial charge in [-0.3, -0.25) is 9.48 Å². The summed E-state index contributed by atoms with van der Waals surface area (Å²) < 4.78 is 7.35. The van der Waals surface area contributed by atoms with Crippen molar-refractivity contribution >= 4 is 16.9 Å². The quantitative estimate of drug-likeness (QED) is 0.851. The van der Waals surface area contributed by atoms with Gasteiger partial charge in [0.05, 0.1) is 29.4 Å². The van der Waals surface area contributed by atoms with E-state index in [1.807, 2.05) is 31.9 Å². The Labute approximate surface area is 135 Å². The molecule has 6 heteroatoms. The Morgan fingerprint density at radius 2 is 2.17 bits per heavy atom. The summed E-state index contributed by atoms with van der Waals surface area (Å²) in [5.41, 5.74) is 3.46. The summed E-state index contributed by atoms with van der Waals surface area (Å²) in [4.78, 5) is 19.8. The zero-order valence-corrected chi connectivity index (χ0v) is 13.9. The second-order valence-corrected chi connectivity index (χ2v) is 6.71. The highest BCUT2D eigenvalue weighted by Crippen LogP contribution is 2.40. The Morgan fingerprint density at radius 3 is 2.87 bits per heavy atom. The molecule has 2 aliphatic rings. The van der Waals surface area contributed by atoms with Gasteiger partial charge < -0.3 is 9.64 Å². The second kappa shape index (κ2) is 5.30. The fourth-order valence-electron chi connectivity index (χ4n) is 3.39. The van der Waals surface area contributed by atoms with E-state index in [0.717, 1.165) is 40.8 Å². The van der Waals surface area contributed by atoms with E-state index in [0.29, 0.717) is 25.6 Å². The van der Waals surface area contributed by atoms with Crippen LogP contribution in [-0.2, 0) is 11.8 Å². The summed E-state index contributed by atoms with van der Waals surface area (Å²) in [5, 5.41) is 5.36. The fraction of sp³-hybridized carbons (Fsp3) is 0.588. The maximum atomic E-state index is 13.1. The molecule has 2 fully saturated rings. The lowest BCUT2D eigenvalue weighted by molar-refractivity contribution is -0.0123. The van der Waals surface area contributed by atoms with E-state index in [1.54, 1.807) is 4.68 Å². The minimum absolute atomic E-state index is 0.0746. The SMILES string of the molecule is Cc1nn(C)c2nc(C3CC3)cc(C(=O)N3CCOC(C)C3)c12. The van der Waals surface area contributed by atoms with Crippen molar-refractivity contribution in [1.29, 1.82) is 0 Å². The highest BCUT2D eigenvalue weighted by molar-refractivity contribution is 6.06. The number of hydrogen-bond donors (Lipinski definition) is 0. The van der Waals surface area contributed by atoms with E-state index in [4.69, 9.17) is 9.72 Å². The molecule has 0 spiro atoms. The van der Waals surface area contributed by atoms with Crippen LogP contribution >= 0.6 is 0 Å². The molecular formula is C17H22N4O2. The van der Waals surface area contributed by atoms with Crippen LogP contribution in [0.1, 0.15) is 47.4 Å². The highest BCUT2D eigenvalue weighted by atomic mass is 16.5. The Hall–Kier alpha value is -1.95. The van der Waals surface area contributed by atoms with E-state index in [1.165, 1.54) is 0 Å². The molecule has 1 saturated heterocycles. The molecule has 6 nitrogen and oxygen atoms in total. The fourth-order valence-corrected chi connectivity index (χ4v) is 3.39. The highest BCUT2D eigenvalue weighted by Gasteiger charge is 2.30. The van der Waals surface area contributed by atoms with E-state index < -0.39 is 0 Å². The molecule has 2 aromatic rings. The van der Waals surface area contributed by atoms with Gasteiger partial charge in [-0.05, 0) is 32.8 Å². The molecule has 23 heavy (non-hydrogen) atoms. The third kappa shape index (κ3) is 2.51. The van der Waals surface area contributed by atoms with Gasteiger partial charge in [0.2, 0.25) is 0 Å². The summed E-state index contributed by atoms with van der Waals surface area (Å²) in [6.45, 7) is 5.83. The van der Waals surface area contributed by atoms with Crippen LogP contribution in [0.5, 0.6) is 0 Å². The minimum atomic E-state index is 0.0746. The van der Waals surface area contributed by atoms with Crippen LogP contribution in [0, 0.1) is 6.92 Å². The van der Waals surface area contributed by atoms with Gasteiger partial charge in [-0.2, -0.15) is 5.10 Å². The Bertz CT molecular complexity index is 778. The number of nitrogens with zero attached hydrogens (tertiary/aromatic N) is 4. The number of amides is 1. The first kappa shape index (κ1) is 14.6. The van der Waals surface area contributed by atoms with Crippen LogP contribution in [0.4, 0.5) is 0 Å². The maximum absolute atomic E-state index is 13.1. The topological polar surface area (TPSA) is 60.2 Å². The third-order valence-electron chi connectivity index (χ3n) is 4.74. The van der Waals surface area contributed by atoms with E-state index in [-0.39, 0.29) is 12.0 Å². The largest absolute Gasteiger partial charge is 0.375 e. The molecule has 122 valence electrons. The lowest BCUT2D eigenvalue weighted by Crippen LogP contribution is -2.44. The molecule has 1 atom stereocenters. The molecule has 1 aliphatic carbocycles. The van der Waals surface area contributed by atoms with Gasteiger partial charge in [0, 0.05) is 31.7 Å². The number of carbonyl (C=O) groups is 1. The molecule has 0 bridgehead atoms. The number of aromatic nitrogens is 3. The molecule has 4 rings (SSSR count). The maximum Gasteiger partial charge on any atom is 0.254 e. The standard InChI is InChI=1S/C17H22N4O2/c1-10-9-21(6-7-23-10)17(22)13-8-14(12-4-5-12)18-16-15(13)11(2)19-20(16)3/h8,10,12H,4-7,9H2,1-3H3. The lowest BCUT2D eigenvalue weighted by atomic mass is 10.1. The van der Waals surface area contributed by atoms with Crippen molar-refractivity contribution in [2.75, 3.05) is 19.7 Å². The number of aryl methyl sites for hydroxylation is 2. The molecule has 0 radical (unpaired) electrons. The molecule has 0 aromatic carbocycles. The number of morpholine rings is 1. The zero-order valence-electron chi connectivity index (χ0n) is 13.9. The first-order chi connectivity index (χ1) is 11.0. The lowest BCUT2D eigenvalue weighted by Gasteiger charge is -2.31. The average molecular weight is 314 g/mol. The normalized spacial score (nSPS) is 21.9. The van der Waals surface area contributed by atoms with Crippen molar-refractivity contribution < 1.29 is 9.53 Å². The predicted molar refractivity (Wildman–Crippen MR) is 86.5 cm³/mol. The number of hydrogen-bond acceptors (Lipinski definition) is 4. The summed E-state index contributed by atoms with van der Waals surface area (Å²) in [5.74, 6) is 0.579. The second-order valence-electron chi connectivity index (χ2n) is 6.71. The van der Waals surface area contributed by atoms with Crippen LogP contribution in [0.25, 0.3) is 11.0 Å². The van der Waals surface area contributed by atoms with Crippen LogP contribution < -0.4 is 0 Å². The van der Waals surface area contributed by atoms with Gasteiger partial charge in [0.25, 0.3) is 5.91 Å². The van der Waals surface area contributed by atoms with Crippen LogP contribution in [-0.4, -0.2) is 51.4 Å². The van der Waals surface area contributed by atoms with Crippen molar-refractivity contribution in [2.45, 2.75) is 38.7 Å². The van der Waals surface area contributed by atoms with Gasteiger partial charge in [-0.15, -0.1) is 0 Å². The first-order valence-corrected chi connectivity index (χ1v) is 8.29. The van der Waals surface area contributed by atoms with Gasteiger partial charge in [0.1, 0.15) is 0 Å². The summed E-state index contributed by atoms with van der Waals surface area (Å²) >= 11 is 0. The van der Waals surface area contributed by atoms with E-state index in [2.05, 4.69) is 5.10 Å². The Morgan fingerprint density at radius 1 is 1.39 bits per heavy atom. The molecule has 1 aliphatic heterocycles. The van der Waals surface area contributed by atoms with Crippen molar-refractivity contribution in [3.05, 3.63) is 23.0 Å². The summed E-state index contributed by atoms with van der Waals surface area (Å²) in [6.07, 6.45) is 2.41. The summed E-state index contributed by atoms with van der Waals surface area (Å²) in [7, 11) is 1.89. The predicted octanol–water partition coefficient (Wildman–Crippen LogP) is 2.02. The van der Waals surface area contributed by atoms with Crippen LogP contribution in [0.15, 0.2) is 6.07 Å². The van der Waals surface area contributed by atoms with Gasteiger partial charge in [0.15, 0.2) is 5.65 Å². The number of rotatable bonds is 2. The smallest absolute Gasteiger partial charge is 0.254 e. The average Bonchev–Trinajstić information content (AvgIpc) is 3.33. The first-order valence-electron chi connectivity index (χ1n) is 8.29. The van der Waals surface area contributed by atoms with E-state index >= 15 is 0 Å². The number of ether oxygens (including phenoxy) is 1. The Kier molecular flexibility index (Phi) is 3.37. The van der Waals surface area contributed by atoms with Crippen LogP contribution in [0.3, 0.4) is 0 Å². The third-order valence-corrected chi connectivity index (χ3v) is 4.74. The molecule has 3 heterocycles. The molecule has 1 unspecified atom stereocenters. The van der Waals surface area contributed by atoms with Crippen molar-refractivity contribution in [2.24, 2.45) is 7.05 Å². The van der Waals surface area contributed by atoms with Gasteiger partial charge >= 0.3 is 0 Å². The number of fused-ring (bicyclic) bond motifs is 1. The van der Waals surface area contributed by atoms with Crippen LogP contribution in [0.2, 0.25) is 0 Å². The van der Waals surface area contributed by atoms with Crippen molar-refractivity contribution in [1.82, 2.24) is 19.7 Å². The molecule has 1 amide bonds. The minimum Gasteiger partial charge on any atom is -0.375 e. The summed E-state index contributed by atoms with van der Waals surface area (Å²) in [6, 6.07) is 2.00. The zero-order chi connectivity index (χ0) is 16.1. The molecule has 1 saturated carbocycles. The molecule has 0 N–H and O–H groups in total.